The van der Waals surface area contributed by atoms with Crippen LogP contribution in [0.15, 0.2) is 21.3 Å². The second kappa shape index (κ2) is 5.18. The molecule has 4 nitrogen and oxygen atoms in total. The average molecular weight is 206 g/mol. The minimum atomic E-state index is 0.277. The van der Waals surface area contributed by atoms with Crippen molar-refractivity contribution in [2.45, 2.75) is 11.8 Å². The molecule has 0 fully saturated rings. The highest BCUT2D eigenvalue weighted by Crippen LogP contribution is 2.15. The Kier molecular flexibility index (Phi) is 4.13. The van der Waals surface area contributed by atoms with Crippen LogP contribution in [0.4, 0.5) is 0 Å². The summed E-state index contributed by atoms with van der Waals surface area (Å²) in [7, 11) is 0. The summed E-state index contributed by atoms with van der Waals surface area (Å²) in [5.74, 6) is 1.17. The van der Waals surface area contributed by atoms with Crippen molar-refractivity contribution in [3.05, 3.63) is 17.5 Å². The molecule has 0 amide bonds. The highest BCUT2D eigenvalue weighted by atomic mass is 35.5. The molecule has 6 heteroatoms. The van der Waals surface area contributed by atoms with Crippen molar-refractivity contribution in [1.82, 2.24) is 10.2 Å². The number of rotatable bonds is 4. The molecule has 0 aliphatic heterocycles. The lowest BCUT2D eigenvalue weighted by Crippen LogP contribution is -1.95. The normalized spacial score (nSPS) is 11.2. The molecule has 1 aromatic heterocycles. The van der Waals surface area contributed by atoms with E-state index in [4.69, 9.17) is 21.8 Å². The van der Waals surface area contributed by atoms with Crippen molar-refractivity contribution in [2.24, 2.45) is 5.73 Å². The van der Waals surface area contributed by atoms with Crippen LogP contribution in [0.25, 0.3) is 0 Å². The summed E-state index contributed by atoms with van der Waals surface area (Å²) >= 11 is 6.73. The number of nitrogens with zero attached hydrogens (tertiary/aromatic N) is 2. The van der Waals surface area contributed by atoms with Gasteiger partial charge >= 0.3 is 0 Å². The first kappa shape index (κ1) is 9.57. The number of thioether (sulfide) groups is 1. The summed E-state index contributed by atoms with van der Waals surface area (Å²) in [4.78, 5) is 0. The number of nitrogens with two attached hydrogens (primary N) is 1. The predicted octanol–water partition coefficient (Wildman–Crippen LogP) is 1.37. The number of aromatic nitrogens is 2. The van der Waals surface area contributed by atoms with Crippen molar-refractivity contribution in [2.75, 3.05) is 5.75 Å². The third kappa shape index (κ3) is 2.84. The van der Waals surface area contributed by atoms with E-state index in [2.05, 4.69) is 10.2 Å². The molecule has 66 valence electrons. The van der Waals surface area contributed by atoms with E-state index in [1.807, 2.05) is 0 Å². The van der Waals surface area contributed by atoms with E-state index in [1.165, 1.54) is 17.3 Å². The summed E-state index contributed by atoms with van der Waals surface area (Å²) in [6.07, 6.45) is 1.79. The summed E-state index contributed by atoms with van der Waals surface area (Å²) in [5.41, 5.74) is 6.73. The molecular weight excluding hydrogens is 198 g/mol. The Morgan fingerprint density at radius 1 is 1.58 bits per heavy atom. The summed E-state index contributed by atoms with van der Waals surface area (Å²) in [6.45, 7) is 0.277. The number of hydrogen-bond donors (Lipinski definition) is 1. The van der Waals surface area contributed by atoms with Gasteiger partial charge in [0.1, 0.15) is 0 Å². The molecule has 0 aromatic carbocycles. The molecule has 1 aromatic rings. The van der Waals surface area contributed by atoms with Gasteiger partial charge in [0.15, 0.2) is 0 Å². The monoisotopic (exact) mass is 205 g/mol. The fourth-order valence-corrected chi connectivity index (χ4v) is 1.32. The van der Waals surface area contributed by atoms with Gasteiger partial charge in [-0.05, 0) is 0 Å². The summed E-state index contributed by atoms with van der Waals surface area (Å²) < 4.78 is 5.12. The molecule has 0 aliphatic carbocycles. The lowest BCUT2D eigenvalue weighted by atomic mass is 10.7. The third-order valence-corrected chi connectivity index (χ3v) is 1.96. The molecule has 0 radical (unpaired) electrons. The Bertz CT molecular complexity index is 263. The first-order valence-electron chi connectivity index (χ1n) is 3.27. The fraction of sp³-hybridized carbons (Fsp3) is 0.333. The lowest BCUT2D eigenvalue weighted by molar-refractivity contribution is 0.415. The van der Waals surface area contributed by atoms with E-state index >= 15 is 0 Å². The largest absolute Gasteiger partial charge is 0.415 e. The second-order valence-electron chi connectivity index (χ2n) is 1.84. The van der Waals surface area contributed by atoms with E-state index in [-0.39, 0.29) is 6.54 Å². The minimum Gasteiger partial charge on any atom is -0.415 e. The van der Waals surface area contributed by atoms with Gasteiger partial charge < -0.3 is 10.2 Å². The van der Waals surface area contributed by atoms with Gasteiger partial charge in [-0.25, -0.2) is 0 Å². The molecule has 0 bridgehead atoms. The maximum atomic E-state index is 5.32. The van der Waals surface area contributed by atoms with Crippen LogP contribution in [0, 0.1) is 0 Å². The SMILES string of the molecule is NCc1nnc(SC/C=C/Cl)o1. The average Bonchev–Trinajstić information content (AvgIpc) is 2.53. The van der Waals surface area contributed by atoms with E-state index in [9.17, 15) is 0 Å². The van der Waals surface area contributed by atoms with Gasteiger partial charge in [-0.15, -0.1) is 10.2 Å². The second-order valence-corrected chi connectivity index (χ2v) is 3.06. The van der Waals surface area contributed by atoms with Crippen LogP contribution in [0.5, 0.6) is 0 Å². The van der Waals surface area contributed by atoms with E-state index < -0.39 is 0 Å². The van der Waals surface area contributed by atoms with Gasteiger partial charge in [0.2, 0.25) is 5.89 Å². The van der Waals surface area contributed by atoms with Gasteiger partial charge in [0.25, 0.3) is 5.22 Å². The highest BCUT2D eigenvalue weighted by molar-refractivity contribution is 7.99. The first-order valence-corrected chi connectivity index (χ1v) is 4.69. The summed E-state index contributed by atoms with van der Waals surface area (Å²) in [6, 6.07) is 0. The van der Waals surface area contributed by atoms with Gasteiger partial charge in [0.05, 0.1) is 6.54 Å². The Balaban J connectivity index is 2.41. The Morgan fingerprint density at radius 2 is 2.42 bits per heavy atom. The predicted molar refractivity (Wildman–Crippen MR) is 47.9 cm³/mol. The van der Waals surface area contributed by atoms with Crippen molar-refractivity contribution >= 4 is 23.4 Å². The zero-order chi connectivity index (χ0) is 8.81. The highest BCUT2D eigenvalue weighted by Gasteiger charge is 2.02. The van der Waals surface area contributed by atoms with Crippen LogP contribution < -0.4 is 5.73 Å². The van der Waals surface area contributed by atoms with Crippen molar-refractivity contribution in [3.63, 3.8) is 0 Å². The zero-order valence-electron chi connectivity index (χ0n) is 6.24. The topological polar surface area (TPSA) is 64.9 Å². The molecule has 0 atom stereocenters. The summed E-state index contributed by atoms with van der Waals surface area (Å²) in [5, 5.41) is 7.96. The fourth-order valence-electron chi connectivity index (χ4n) is 0.535. The number of halogens is 1. The smallest absolute Gasteiger partial charge is 0.276 e. The Hall–Kier alpha value is -0.520. The molecule has 1 heterocycles. The first-order chi connectivity index (χ1) is 5.86. The molecule has 1 rings (SSSR count). The van der Waals surface area contributed by atoms with Gasteiger partial charge in [-0.3, -0.25) is 0 Å². The van der Waals surface area contributed by atoms with Crippen LogP contribution in [0.2, 0.25) is 0 Å². The molecule has 0 saturated carbocycles. The lowest BCUT2D eigenvalue weighted by Gasteiger charge is -1.86. The van der Waals surface area contributed by atoms with Crippen LogP contribution in [0.3, 0.4) is 0 Å². The van der Waals surface area contributed by atoms with Gasteiger partial charge in [-0.2, -0.15) is 0 Å². The minimum absolute atomic E-state index is 0.277. The van der Waals surface area contributed by atoms with E-state index in [0.29, 0.717) is 11.1 Å². The van der Waals surface area contributed by atoms with Crippen molar-refractivity contribution in [3.8, 4) is 0 Å². The molecule has 12 heavy (non-hydrogen) atoms. The van der Waals surface area contributed by atoms with Crippen molar-refractivity contribution < 1.29 is 4.42 Å². The molecule has 0 saturated heterocycles. The van der Waals surface area contributed by atoms with Gasteiger partial charge in [-0.1, -0.05) is 29.4 Å². The molecule has 0 spiro atoms. The third-order valence-electron chi connectivity index (χ3n) is 1.02. The Morgan fingerprint density at radius 3 is 3.00 bits per heavy atom. The Labute approximate surface area is 79.2 Å². The van der Waals surface area contributed by atoms with Gasteiger partial charge in [0, 0.05) is 11.3 Å². The maximum Gasteiger partial charge on any atom is 0.276 e. The van der Waals surface area contributed by atoms with Crippen LogP contribution >= 0.6 is 23.4 Å². The van der Waals surface area contributed by atoms with Crippen LogP contribution in [0.1, 0.15) is 5.89 Å². The van der Waals surface area contributed by atoms with E-state index in [1.54, 1.807) is 6.08 Å². The van der Waals surface area contributed by atoms with E-state index in [0.717, 1.165) is 5.75 Å². The zero-order valence-corrected chi connectivity index (χ0v) is 7.81. The van der Waals surface area contributed by atoms with Crippen LogP contribution in [-0.4, -0.2) is 16.0 Å². The molecule has 0 aliphatic rings. The molecule has 0 unspecified atom stereocenters. The molecular formula is C6H8ClN3OS. The quantitative estimate of drug-likeness (QED) is 0.753. The maximum absolute atomic E-state index is 5.32. The van der Waals surface area contributed by atoms with Crippen molar-refractivity contribution in [1.29, 1.82) is 0 Å². The molecule has 2 N–H and O–H groups in total. The van der Waals surface area contributed by atoms with Crippen LogP contribution in [-0.2, 0) is 6.54 Å². The standard InChI is InChI=1S/C6H8ClN3OS/c7-2-1-3-12-6-10-9-5(4-8)11-6/h1-2H,3-4,8H2/b2-1+. The number of hydrogen-bond acceptors (Lipinski definition) is 5.